The van der Waals surface area contributed by atoms with Gasteiger partial charge >= 0.3 is 0 Å². The van der Waals surface area contributed by atoms with Gasteiger partial charge in [-0.15, -0.1) is 0 Å². The zero-order valence-corrected chi connectivity index (χ0v) is 12.0. The predicted molar refractivity (Wildman–Crippen MR) is 74.0 cm³/mol. The second-order valence-electron chi connectivity index (χ2n) is 4.96. The molecule has 1 aromatic rings. The van der Waals surface area contributed by atoms with Crippen LogP contribution in [0.5, 0.6) is 0 Å². The zero-order valence-electron chi connectivity index (χ0n) is 12.0. The third kappa shape index (κ3) is 7.41. The molecule has 104 valence electrons. The molecule has 0 aliphatic carbocycles. The van der Waals surface area contributed by atoms with Crippen LogP contribution in [0.4, 0.5) is 0 Å². The van der Waals surface area contributed by atoms with E-state index in [4.69, 9.17) is 0 Å². The van der Waals surface area contributed by atoms with Gasteiger partial charge in [0.25, 0.3) is 0 Å². The van der Waals surface area contributed by atoms with Crippen molar-refractivity contribution in [1.29, 1.82) is 0 Å². The molecule has 0 aromatic carbocycles. The molecular formula is C16H28FN. The van der Waals surface area contributed by atoms with Crippen molar-refractivity contribution in [3.63, 3.8) is 0 Å². The number of aromatic nitrogens is 1. The number of pyridine rings is 1. The van der Waals surface area contributed by atoms with Crippen LogP contribution in [0.3, 0.4) is 0 Å². The van der Waals surface area contributed by atoms with Crippen molar-refractivity contribution in [2.45, 2.75) is 71.8 Å². The van der Waals surface area contributed by atoms with E-state index in [1.54, 1.807) is 0 Å². The van der Waals surface area contributed by atoms with Crippen LogP contribution in [-0.2, 0) is 13.0 Å². The molecule has 1 nitrogen and oxygen atoms in total. The minimum Gasteiger partial charge on any atom is -1.00 e. The monoisotopic (exact) mass is 253 g/mol. The smallest absolute Gasteiger partial charge is 0.169 e. The third-order valence-electron chi connectivity index (χ3n) is 3.27. The Morgan fingerprint density at radius 3 is 2.06 bits per heavy atom. The SMILES string of the molecule is CCCCCCCC[n+]1ccc(CCC)cc1.[F-]. The van der Waals surface area contributed by atoms with Crippen molar-refractivity contribution >= 4 is 0 Å². The quantitative estimate of drug-likeness (QED) is 0.461. The lowest BCUT2D eigenvalue weighted by Crippen LogP contribution is -3.00. The lowest BCUT2D eigenvalue weighted by atomic mass is 10.1. The van der Waals surface area contributed by atoms with Crippen molar-refractivity contribution in [2.24, 2.45) is 0 Å². The van der Waals surface area contributed by atoms with Crippen LogP contribution in [-0.4, -0.2) is 0 Å². The van der Waals surface area contributed by atoms with Gasteiger partial charge in [-0.2, -0.15) is 0 Å². The maximum absolute atomic E-state index is 2.32. The second-order valence-corrected chi connectivity index (χ2v) is 4.96. The molecule has 0 atom stereocenters. The summed E-state index contributed by atoms with van der Waals surface area (Å²) in [6, 6.07) is 4.53. The minimum absolute atomic E-state index is 0. The van der Waals surface area contributed by atoms with Crippen molar-refractivity contribution in [2.75, 3.05) is 0 Å². The molecule has 0 saturated carbocycles. The molecule has 0 spiro atoms. The number of hydrogen-bond acceptors (Lipinski definition) is 0. The number of hydrogen-bond donors (Lipinski definition) is 0. The van der Waals surface area contributed by atoms with Crippen molar-refractivity contribution in [3.8, 4) is 0 Å². The summed E-state index contributed by atoms with van der Waals surface area (Å²) >= 11 is 0. The van der Waals surface area contributed by atoms with E-state index < -0.39 is 0 Å². The van der Waals surface area contributed by atoms with Crippen LogP contribution in [0.25, 0.3) is 0 Å². The Kier molecular flexibility index (Phi) is 10.6. The molecule has 1 rings (SSSR count). The molecule has 0 aliphatic heterocycles. The van der Waals surface area contributed by atoms with Crippen LogP contribution in [0, 0.1) is 0 Å². The van der Waals surface area contributed by atoms with Crippen LogP contribution in [0.2, 0.25) is 0 Å². The van der Waals surface area contributed by atoms with E-state index in [-0.39, 0.29) is 4.70 Å². The Balaban J connectivity index is 0.00000289. The molecule has 1 heterocycles. The summed E-state index contributed by atoms with van der Waals surface area (Å²) < 4.78 is 2.32. The van der Waals surface area contributed by atoms with Gasteiger partial charge in [0.15, 0.2) is 12.4 Å². The van der Waals surface area contributed by atoms with Gasteiger partial charge in [-0.1, -0.05) is 46.0 Å². The molecule has 0 unspecified atom stereocenters. The van der Waals surface area contributed by atoms with Gasteiger partial charge in [0.05, 0.1) is 0 Å². The Hall–Kier alpha value is -0.920. The maximum Gasteiger partial charge on any atom is 0.169 e. The molecule has 2 heteroatoms. The Morgan fingerprint density at radius 1 is 0.833 bits per heavy atom. The molecule has 18 heavy (non-hydrogen) atoms. The van der Waals surface area contributed by atoms with E-state index in [9.17, 15) is 0 Å². The normalized spacial score (nSPS) is 10.1. The number of unbranched alkanes of at least 4 members (excludes halogenated alkanes) is 5. The first-order valence-electron chi connectivity index (χ1n) is 7.34. The molecular weight excluding hydrogens is 225 g/mol. The van der Waals surface area contributed by atoms with Crippen LogP contribution in [0.1, 0.15) is 64.4 Å². The van der Waals surface area contributed by atoms with Crippen LogP contribution >= 0.6 is 0 Å². The first-order valence-corrected chi connectivity index (χ1v) is 7.34. The summed E-state index contributed by atoms with van der Waals surface area (Å²) in [5, 5.41) is 0. The van der Waals surface area contributed by atoms with Crippen molar-refractivity contribution < 1.29 is 9.27 Å². The standard InChI is InChI=1S/C16H28N.FH/c1-3-5-6-7-8-9-13-17-14-11-16(10-4-2)12-15-17;/h11-12,14-15H,3-10,13H2,1-2H3;1H/q+1;/p-1. The van der Waals surface area contributed by atoms with E-state index in [2.05, 4.69) is 42.9 Å². The second kappa shape index (κ2) is 11.2. The van der Waals surface area contributed by atoms with E-state index in [0.717, 1.165) is 0 Å². The summed E-state index contributed by atoms with van der Waals surface area (Å²) in [5.74, 6) is 0. The first kappa shape index (κ1) is 17.1. The number of halogens is 1. The van der Waals surface area contributed by atoms with E-state index in [1.165, 1.54) is 63.5 Å². The minimum atomic E-state index is 0. The van der Waals surface area contributed by atoms with Crippen LogP contribution in [0.15, 0.2) is 24.5 Å². The van der Waals surface area contributed by atoms with Gasteiger partial charge in [0.1, 0.15) is 6.54 Å². The zero-order chi connectivity index (χ0) is 12.3. The highest BCUT2D eigenvalue weighted by Crippen LogP contribution is 2.05. The van der Waals surface area contributed by atoms with Gasteiger partial charge in [0.2, 0.25) is 0 Å². The van der Waals surface area contributed by atoms with E-state index >= 15 is 0 Å². The highest BCUT2D eigenvalue weighted by atomic mass is 19.0. The molecule has 0 aliphatic rings. The highest BCUT2D eigenvalue weighted by Gasteiger charge is 2.00. The summed E-state index contributed by atoms with van der Waals surface area (Å²) in [4.78, 5) is 0. The van der Waals surface area contributed by atoms with E-state index in [1.807, 2.05) is 0 Å². The van der Waals surface area contributed by atoms with Gasteiger partial charge < -0.3 is 4.70 Å². The van der Waals surface area contributed by atoms with E-state index in [0.29, 0.717) is 0 Å². The van der Waals surface area contributed by atoms with Gasteiger partial charge in [-0.05, 0) is 18.4 Å². The average molecular weight is 253 g/mol. The molecule has 0 bridgehead atoms. The van der Waals surface area contributed by atoms with Gasteiger partial charge in [-0.3, -0.25) is 0 Å². The molecule has 0 fully saturated rings. The van der Waals surface area contributed by atoms with Crippen LogP contribution < -0.4 is 9.27 Å². The number of rotatable bonds is 9. The molecule has 0 amide bonds. The molecule has 0 saturated heterocycles. The summed E-state index contributed by atoms with van der Waals surface area (Å²) in [6.07, 6.45) is 15.2. The Morgan fingerprint density at radius 2 is 1.44 bits per heavy atom. The predicted octanol–water partition coefficient (Wildman–Crippen LogP) is 1.29. The summed E-state index contributed by atoms with van der Waals surface area (Å²) in [7, 11) is 0. The topological polar surface area (TPSA) is 3.88 Å². The van der Waals surface area contributed by atoms with Crippen molar-refractivity contribution in [1.82, 2.24) is 0 Å². The van der Waals surface area contributed by atoms with Crippen molar-refractivity contribution in [3.05, 3.63) is 30.1 Å². The largest absolute Gasteiger partial charge is 1.00 e. The average Bonchev–Trinajstić information content (AvgIpc) is 2.36. The van der Waals surface area contributed by atoms with Gasteiger partial charge in [0, 0.05) is 18.6 Å². The molecule has 0 radical (unpaired) electrons. The summed E-state index contributed by atoms with van der Waals surface area (Å²) in [5.41, 5.74) is 1.46. The lowest BCUT2D eigenvalue weighted by molar-refractivity contribution is -0.697. The number of nitrogens with zero attached hydrogens (tertiary/aromatic N) is 1. The summed E-state index contributed by atoms with van der Waals surface area (Å²) in [6.45, 7) is 5.68. The third-order valence-corrected chi connectivity index (χ3v) is 3.27. The molecule has 0 N–H and O–H groups in total. The Bertz CT molecular complexity index is 282. The fourth-order valence-electron chi connectivity index (χ4n) is 2.17. The molecule has 1 aromatic heterocycles. The Labute approximate surface area is 112 Å². The fraction of sp³-hybridized carbons (Fsp3) is 0.688. The maximum atomic E-state index is 2.32. The van der Waals surface area contributed by atoms with Gasteiger partial charge in [-0.25, -0.2) is 4.57 Å². The number of aryl methyl sites for hydroxylation is 2. The lowest BCUT2D eigenvalue weighted by Gasteiger charge is -2.00. The fourth-order valence-corrected chi connectivity index (χ4v) is 2.17. The highest BCUT2D eigenvalue weighted by molar-refractivity contribution is 5.06. The first-order chi connectivity index (χ1) is 8.36.